The number of nitrogens with zero attached hydrogens (tertiary/aromatic N) is 4. The summed E-state index contributed by atoms with van der Waals surface area (Å²) < 4.78 is 8.30. The van der Waals surface area contributed by atoms with Crippen LogP contribution in [0.1, 0.15) is 29.8 Å². The molecule has 2 aromatic carbocycles. The molecule has 34 heavy (non-hydrogen) atoms. The first-order chi connectivity index (χ1) is 16.2. The molecule has 0 aliphatic carbocycles. The van der Waals surface area contributed by atoms with Gasteiger partial charge in [-0.25, -0.2) is 4.98 Å². The van der Waals surface area contributed by atoms with Crippen LogP contribution in [0.25, 0.3) is 0 Å². The van der Waals surface area contributed by atoms with Crippen molar-refractivity contribution >= 4 is 18.3 Å². The molecule has 3 aromatic rings. The van der Waals surface area contributed by atoms with Crippen LogP contribution >= 0.6 is 12.4 Å². The van der Waals surface area contributed by atoms with Crippen molar-refractivity contribution in [3.05, 3.63) is 90.0 Å². The van der Waals surface area contributed by atoms with Crippen LogP contribution in [-0.4, -0.2) is 63.6 Å². The molecule has 6 nitrogen and oxygen atoms in total. The Bertz CT molecular complexity index is 1050. The molecule has 1 spiro atoms. The first kappa shape index (κ1) is 24.5. The second kappa shape index (κ2) is 11.2. The molecule has 2 fully saturated rings. The fraction of sp³-hybridized carbons (Fsp3) is 0.407. The van der Waals surface area contributed by atoms with Gasteiger partial charge in [0.25, 0.3) is 0 Å². The highest BCUT2D eigenvalue weighted by Crippen LogP contribution is 2.31. The van der Waals surface area contributed by atoms with Gasteiger partial charge >= 0.3 is 0 Å². The van der Waals surface area contributed by atoms with Gasteiger partial charge in [0.1, 0.15) is 12.4 Å². The number of hydrogen-bond acceptors (Lipinski definition) is 4. The Labute approximate surface area is 207 Å². The topological polar surface area (TPSA) is 50.6 Å². The lowest BCUT2D eigenvalue weighted by Crippen LogP contribution is -2.58. The average Bonchev–Trinajstić information content (AvgIpc) is 3.29. The van der Waals surface area contributed by atoms with E-state index in [1.807, 2.05) is 35.5 Å². The van der Waals surface area contributed by atoms with E-state index in [1.54, 1.807) is 0 Å². The fourth-order valence-corrected chi connectivity index (χ4v) is 4.94. The number of imidazole rings is 1. The van der Waals surface area contributed by atoms with E-state index in [9.17, 15) is 4.79 Å². The Kier molecular flexibility index (Phi) is 8.03. The van der Waals surface area contributed by atoms with E-state index < -0.39 is 0 Å². The molecule has 3 heterocycles. The Balaban J connectivity index is 0.00000274. The molecule has 7 heteroatoms. The second-order valence-corrected chi connectivity index (χ2v) is 9.26. The van der Waals surface area contributed by atoms with Gasteiger partial charge < -0.3 is 19.1 Å². The summed E-state index contributed by atoms with van der Waals surface area (Å²) in [6.07, 6.45) is 6.82. The molecule has 0 radical (unpaired) electrons. The number of rotatable bonds is 7. The molecule has 1 amide bonds. The predicted molar refractivity (Wildman–Crippen MR) is 135 cm³/mol. The standard InChI is InChI=1S/C27H32N4O2.ClH/c32-26-21-33-27(12-16-29(17-13-27)15-11-23-7-3-1-4-8-23)22-31(26)20-25-28-14-18-30(25)19-24-9-5-2-6-10-24;/h1-10,14,18H,11-13,15-17,19-22H2;1H. The number of morpholine rings is 1. The van der Waals surface area contributed by atoms with Crippen LogP contribution in [0.5, 0.6) is 0 Å². The molecule has 0 bridgehead atoms. The SMILES string of the molecule is Cl.O=C1COC2(CCN(CCc3ccccc3)CC2)CN1Cc1nccn1Cc1ccccc1. The predicted octanol–water partition coefficient (Wildman–Crippen LogP) is 3.79. The Hall–Kier alpha value is -2.67. The van der Waals surface area contributed by atoms with Gasteiger partial charge in [-0.05, 0) is 30.4 Å². The fourth-order valence-electron chi connectivity index (χ4n) is 4.94. The molecule has 0 saturated carbocycles. The summed E-state index contributed by atoms with van der Waals surface area (Å²) in [4.78, 5) is 21.7. The minimum absolute atomic E-state index is 0. The number of hydrogen-bond donors (Lipinski definition) is 0. The van der Waals surface area contributed by atoms with Gasteiger partial charge in [0.15, 0.2) is 0 Å². The molecule has 1 aromatic heterocycles. The number of benzene rings is 2. The number of aromatic nitrogens is 2. The molecule has 0 N–H and O–H groups in total. The number of amides is 1. The molecule has 2 saturated heterocycles. The molecule has 0 atom stereocenters. The lowest BCUT2D eigenvalue weighted by molar-refractivity contribution is -0.172. The quantitative estimate of drug-likeness (QED) is 0.516. The Morgan fingerprint density at radius 3 is 2.29 bits per heavy atom. The van der Waals surface area contributed by atoms with Gasteiger partial charge in [-0.1, -0.05) is 60.7 Å². The number of carbonyl (C=O) groups is 1. The smallest absolute Gasteiger partial charge is 0.249 e. The number of piperidine rings is 1. The van der Waals surface area contributed by atoms with Gasteiger partial charge in [-0.2, -0.15) is 0 Å². The normalized spacial score (nSPS) is 18.1. The summed E-state index contributed by atoms with van der Waals surface area (Å²) in [6.45, 7) is 5.20. The molecular formula is C27H33ClN4O2. The highest BCUT2D eigenvalue weighted by Gasteiger charge is 2.42. The maximum atomic E-state index is 12.7. The van der Waals surface area contributed by atoms with E-state index in [1.165, 1.54) is 11.1 Å². The van der Waals surface area contributed by atoms with Crippen molar-refractivity contribution in [2.45, 2.75) is 38.0 Å². The third kappa shape index (κ3) is 5.87. The summed E-state index contributed by atoms with van der Waals surface area (Å²) >= 11 is 0. The van der Waals surface area contributed by atoms with E-state index in [0.29, 0.717) is 13.1 Å². The van der Waals surface area contributed by atoms with Crippen LogP contribution < -0.4 is 0 Å². The van der Waals surface area contributed by atoms with Gasteiger partial charge in [0.2, 0.25) is 5.91 Å². The lowest BCUT2D eigenvalue weighted by atomic mass is 9.89. The van der Waals surface area contributed by atoms with Gasteiger partial charge in [0.05, 0.1) is 18.7 Å². The number of carbonyl (C=O) groups excluding carboxylic acids is 1. The Morgan fingerprint density at radius 2 is 1.59 bits per heavy atom. The maximum absolute atomic E-state index is 12.7. The zero-order chi connectivity index (χ0) is 22.5. The molecule has 180 valence electrons. The van der Waals surface area contributed by atoms with Crippen LogP contribution in [-0.2, 0) is 29.0 Å². The second-order valence-electron chi connectivity index (χ2n) is 9.26. The van der Waals surface area contributed by atoms with Gasteiger partial charge in [-0.3, -0.25) is 4.79 Å². The average molecular weight is 481 g/mol. The van der Waals surface area contributed by atoms with Gasteiger partial charge in [0, 0.05) is 38.6 Å². The molecule has 0 unspecified atom stereocenters. The first-order valence-corrected chi connectivity index (χ1v) is 11.9. The first-order valence-electron chi connectivity index (χ1n) is 11.9. The van der Waals surface area contributed by atoms with Crippen molar-refractivity contribution in [3.8, 4) is 0 Å². The van der Waals surface area contributed by atoms with Crippen molar-refractivity contribution in [3.63, 3.8) is 0 Å². The highest BCUT2D eigenvalue weighted by molar-refractivity contribution is 5.85. The zero-order valence-electron chi connectivity index (χ0n) is 19.5. The highest BCUT2D eigenvalue weighted by atomic mass is 35.5. The number of ether oxygens (including phenoxy) is 1. The van der Waals surface area contributed by atoms with Crippen LogP contribution in [0.4, 0.5) is 0 Å². The summed E-state index contributed by atoms with van der Waals surface area (Å²) in [5.41, 5.74) is 2.38. The third-order valence-corrected chi connectivity index (χ3v) is 6.99. The van der Waals surface area contributed by atoms with Crippen molar-refractivity contribution in [2.24, 2.45) is 0 Å². The molecular weight excluding hydrogens is 448 g/mol. The van der Waals surface area contributed by atoms with E-state index >= 15 is 0 Å². The molecule has 5 rings (SSSR count). The Morgan fingerprint density at radius 1 is 0.912 bits per heavy atom. The zero-order valence-corrected chi connectivity index (χ0v) is 20.3. The summed E-state index contributed by atoms with van der Waals surface area (Å²) in [6, 6.07) is 21.0. The van der Waals surface area contributed by atoms with Crippen LogP contribution in [0.15, 0.2) is 73.1 Å². The van der Waals surface area contributed by atoms with E-state index in [2.05, 4.69) is 56.9 Å². The van der Waals surface area contributed by atoms with Crippen LogP contribution in [0.2, 0.25) is 0 Å². The summed E-state index contributed by atoms with van der Waals surface area (Å²) in [7, 11) is 0. The summed E-state index contributed by atoms with van der Waals surface area (Å²) in [5, 5.41) is 0. The van der Waals surface area contributed by atoms with Crippen molar-refractivity contribution in [1.29, 1.82) is 0 Å². The van der Waals surface area contributed by atoms with Crippen molar-refractivity contribution in [1.82, 2.24) is 19.4 Å². The lowest BCUT2D eigenvalue weighted by Gasteiger charge is -2.47. The number of halogens is 1. The van der Waals surface area contributed by atoms with Gasteiger partial charge in [-0.15, -0.1) is 12.4 Å². The monoisotopic (exact) mass is 480 g/mol. The maximum Gasteiger partial charge on any atom is 0.249 e. The number of likely N-dealkylation sites (tertiary alicyclic amines) is 1. The van der Waals surface area contributed by atoms with Crippen molar-refractivity contribution in [2.75, 3.05) is 32.8 Å². The summed E-state index contributed by atoms with van der Waals surface area (Å²) in [5.74, 6) is 0.978. The van der Waals surface area contributed by atoms with E-state index in [4.69, 9.17) is 4.74 Å². The van der Waals surface area contributed by atoms with Crippen LogP contribution in [0.3, 0.4) is 0 Å². The largest absolute Gasteiger partial charge is 0.363 e. The molecule has 2 aliphatic rings. The van der Waals surface area contributed by atoms with Crippen molar-refractivity contribution < 1.29 is 9.53 Å². The third-order valence-electron chi connectivity index (χ3n) is 6.99. The van der Waals surface area contributed by atoms with E-state index in [0.717, 1.165) is 51.3 Å². The minimum Gasteiger partial charge on any atom is -0.363 e. The van der Waals surface area contributed by atoms with E-state index in [-0.39, 0.29) is 30.5 Å². The van der Waals surface area contributed by atoms with Crippen LogP contribution in [0, 0.1) is 0 Å². The molecule has 2 aliphatic heterocycles. The minimum atomic E-state index is -0.228.